The Kier molecular flexibility index (Phi) is 5.80. The molecule has 0 aliphatic carbocycles. The molecule has 0 atom stereocenters. The summed E-state index contributed by atoms with van der Waals surface area (Å²) < 4.78 is 11.4. The van der Waals surface area contributed by atoms with Crippen molar-refractivity contribution in [2.24, 2.45) is 0 Å². The highest BCUT2D eigenvalue weighted by molar-refractivity contribution is 5.91. The van der Waals surface area contributed by atoms with Crippen molar-refractivity contribution in [1.82, 2.24) is 4.98 Å². The molecule has 6 nitrogen and oxygen atoms in total. The Morgan fingerprint density at radius 2 is 1.77 bits per heavy atom. The fourth-order valence-electron chi connectivity index (χ4n) is 3.49. The molecule has 4 rings (SSSR count). The van der Waals surface area contributed by atoms with E-state index in [1.807, 2.05) is 50.2 Å². The molecule has 0 aliphatic heterocycles. The van der Waals surface area contributed by atoms with Gasteiger partial charge in [-0.15, -0.1) is 0 Å². The van der Waals surface area contributed by atoms with Gasteiger partial charge in [0.05, 0.1) is 0 Å². The Morgan fingerprint density at radius 3 is 2.52 bits per heavy atom. The predicted molar refractivity (Wildman–Crippen MR) is 120 cm³/mol. The molecule has 0 saturated carbocycles. The highest BCUT2D eigenvalue weighted by Gasteiger charge is 2.16. The lowest BCUT2D eigenvalue weighted by Gasteiger charge is -2.13. The Bertz CT molecular complexity index is 1280. The monoisotopic (exact) mass is 414 g/mol. The minimum atomic E-state index is -0.359. The van der Waals surface area contributed by atoms with Gasteiger partial charge in [-0.2, -0.15) is 0 Å². The Hall–Kier alpha value is -3.93. The van der Waals surface area contributed by atoms with Gasteiger partial charge in [0.1, 0.15) is 17.2 Å². The molecule has 156 valence electrons. The summed E-state index contributed by atoms with van der Waals surface area (Å²) in [7, 11) is 0. The van der Waals surface area contributed by atoms with Gasteiger partial charge in [0.15, 0.2) is 6.61 Å². The van der Waals surface area contributed by atoms with Crippen LogP contribution in [0.15, 0.2) is 76.1 Å². The molecular weight excluding hydrogens is 392 g/mol. The molecule has 1 amide bonds. The van der Waals surface area contributed by atoms with E-state index in [1.165, 1.54) is 0 Å². The van der Waals surface area contributed by atoms with Crippen LogP contribution < -0.4 is 15.7 Å². The largest absolute Gasteiger partial charge is 0.483 e. The number of anilines is 1. The zero-order chi connectivity index (χ0) is 21.8. The predicted octanol–water partition coefficient (Wildman–Crippen LogP) is 4.41. The van der Waals surface area contributed by atoms with Gasteiger partial charge in [-0.1, -0.05) is 36.4 Å². The Labute approximate surface area is 179 Å². The number of benzene rings is 2. The van der Waals surface area contributed by atoms with E-state index in [-0.39, 0.29) is 18.1 Å². The lowest BCUT2D eigenvalue weighted by molar-refractivity contribution is -0.118. The number of aryl methyl sites for hydroxylation is 2. The molecule has 0 aliphatic rings. The first-order valence-corrected chi connectivity index (χ1v) is 9.96. The highest BCUT2D eigenvalue weighted by atomic mass is 16.5. The summed E-state index contributed by atoms with van der Waals surface area (Å²) >= 11 is 0. The maximum Gasteiger partial charge on any atom is 0.340 e. The smallest absolute Gasteiger partial charge is 0.340 e. The van der Waals surface area contributed by atoms with Crippen LogP contribution >= 0.6 is 0 Å². The number of nitrogens with one attached hydrogen (secondary N) is 1. The number of hydrogen-bond acceptors (Lipinski definition) is 5. The van der Waals surface area contributed by atoms with Crippen LogP contribution in [-0.4, -0.2) is 17.5 Å². The molecule has 0 radical (unpaired) electrons. The molecule has 31 heavy (non-hydrogen) atoms. The number of fused-ring (bicyclic) bond motifs is 1. The fraction of sp³-hybridized carbons (Fsp3) is 0.160. The number of carbonyl (C=O) groups excluding carboxylic acids is 1. The number of nitrogens with zero attached hydrogens (tertiary/aromatic N) is 1. The van der Waals surface area contributed by atoms with E-state index in [4.69, 9.17) is 9.15 Å². The van der Waals surface area contributed by atoms with Crippen molar-refractivity contribution in [2.75, 3.05) is 11.9 Å². The fourth-order valence-corrected chi connectivity index (χ4v) is 3.49. The van der Waals surface area contributed by atoms with Crippen molar-refractivity contribution < 1.29 is 13.9 Å². The van der Waals surface area contributed by atoms with Crippen molar-refractivity contribution in [3.8, 4) is 5.75 Å². The SMILES string of the molecule is Cc1c(Cc2ccccc2)c(=O)oc2c(C)c(OCC(=O)Nc3ccccn3)ccc12. The van der Waals surface area contributed by atoms with Crippen LogP contribution in [0, 0.1) is 13.8 Å². The summed E-state index contributed by atoms with van der Waals surface area (Å²) in [4.78, 5) is 28.9. The second-order valence-electron chi connectivity index (χ2n) is 7.27. The van der Waals surface area contributed by atoms with E-state index >= 15 is 0 Å². The van der Waals surface area contributed by atoms with E-state index < -0.39 is 0 Å². The van der Waals surface area contributed by atoms with Crippen molar-refractivity contribution in [2.45, 2.75) is 20.3 Å². The maximum absolute atomic E-state index is 12.7. The van der Waals surface area contributed by atoms with Gasteiger partial charge < -0.3 is 14.5 Å². The third-order valence-electron chi connectivity index (χ3n) is 5.17. The average Bonchev–Trinajstić information content (AvgIpc) is 2.78. The molecule has 2 heterocycles. The van der Waals surface area contributed by atoms with E-state index in [2.05, 4.69) is 10.3 Å². The van der Waals surface area contributed by atoms with Crippen LogP contribution in [0.4, 0.5) is 5.82 Å². The first-order chi connectivity index (χ1) is 15.0. The number of aromatic nitrogens is 1. The van der Waals surface area contributed by atoms with Crippen LogP contribution in [0.1, 0.15) is 22.3 Å². The molecule has 4 aromatic rings. The zero-order valence-electron chi connectivity index (χ0n) is 17.3. The van der Waals surface area contributed by atoms with Crippen molar-refractivity contribution >= 4 is 22.7 Å². The third-order valence-corrected chi connectivity index (χ3v) is 5.17. The summed E-state index contributed by atoms with van der Waals surface area (Å²) in [5.41, 5.74) is 3.37. The summed E-state index contributed by atoms with van der Waals surface area (Å²) in [5.74, 6) is 0.620. The Balaban J connectivity index is 1.57. The van der Waals surface area contributed by atoms with E-state index in [0.29, 0.717) is 34.7 Å². The number of carbonyl (C=O) groups is 1. The molecule has 0 unspecified atom stereocenters. The first-order valence-electron chi connectivity index (χ1n) is 9.96. The second-order valence-corrected chi connectivity index (χ2v) is 7.27. The van der Waals surface area contributed by atoms with E-state index in [1.54, 1.807) is 30.5 Å². The number of rotatable bonds is 6. The van der Waals surface area contributed by atoms with Crippen LogP contribution in [0.5, 0.6) is 5.75 Å². The highest BCUT2D eigenvalue weighted by Crippen LogP contribution is 2.30. The molecule has 0 saturated heterocycles. The molecule has 2 aromatic carbocycles. The van der Waals surface area contributed by atoms with Gasteiger partial charge in [0.2, 0.25) is 0 Å². The van der Waals surface area contributed by atoms with Gasteiger partial charge in [0.25, 0.3) is 5.91 Å². The lowest BCUT2D eigenvalue weighted by atomic mass is 9.98. The van der Waals surface area contributed by atoms with Crippen LogP contribution in [0.25, 0.3) is 11.0 Å². The van der Waals surface area contributed by atoms with Gasteiger partial charge in [-0.3, -0.25) is 4.79 Å². The van der Waals surface area contributed by atoms with Crippen molar-refractivity contribution in [3.63, 3.8) is 0 Å². The minimum absolute atomic E-state index is 0.182. The van der Waals surface area contributed by atoms with Crippen LogP contribution in [0.3, 0.4) is 0 Å². The standard InChI is InChI=1S/C25H22N2O4/c1-16-19-11-12-21(30-15-23(28)27-22-10-6-7-13-26-22)17(2)24(19)31-25(29)20(16)14-18-8-4-3-5-9-18/h3-13H,14-15H2,1-2H3,(H,26,27,28). The van der Waals surface area contributed by atoms with Crippen molar-refractivity contribution in [3.05, 3.63) is 99.5 Å². The van der Waals surface area contributed by atoms with E-state index in [0.717, 1.165) is 16.5 Å². The molecule has 0 spiro atoms. The molecule has 6 heteroatoms. The first kappa shape index (κ1) is 20.3. The van der Waals surface area contributed by atoms with Crippen LogP contribution in [-0.2, 0) is 11.2 Å². The number of amides is 1. The molecule has 1 N–H and O–H groups in total. The Morgan fingerprint density at radius 1 is 1.00 bits per heavy atom. The van der Waals surface area contributed by atoms with Gasteiger partial charge >= 0.3 is 5.63 Å². The molecule has 0 fully saturated rings. The molecule has 2 aromatic heterocycles. The van der Waals surface area contributed by atoms with Crippen molar-refractivity contribution in [1.29, 1.82) is 0 Å². The normalized spacial score (nSPS) is 10.8. The maximum atomic E-state index is 12.7. The summed E-state index contributed by atoms with van der Waals surface area (Å²) in [6, 6.07) is 18.7. The lowest BCUT2D eigenvalue weighted by Crippen LogP contribution is -2.21. The number of pyridine rings is 1. The third kappa shape index (κ3) is 4.48. The summed E-state index contributed by atoms with van der Waals surface area (Å²) in [6.45, 7) is 3.56. The summed E-state index contributed by atoms with van der Waals surface area (Å²) in [5, 5.41) is 3.52. The average molecular weight is 414 g/mol. The number of hydrogen-bond donors (Lipinski definition) is 1. The van der Waals surface area contributed by atoms with Gasteiger partial charge in [-0.25, -0.2) is 9.78 Å². The quantitative estimate of drug-likeness (QED) is 0.473. The molecular formula is C25H22N2O4. The number of ether oxygens (including phenoxy) is 1. The van der Waals surface area contributed by atoms with Gasteiger partial charge in [-0.05, 0) is 49.2 Å². The van der Waals surface area contributed by atoms with E-state index in [9.17, 15) is 9.59 Å². The summed E-state index contributed by atoms with van der Waals surface area (Å²) in [6.07, 6.45) is 2.11. The van der Waals surface area contributed by atoms with Crippen LogP contribution in [0.2, 0.25) is 0 Å². The van der Waals surface area contributed by atoms with Gasteiger partial charge in [0, 0.05) is 29.1 Å². The zero-order valence-corrected chi connectivity index (χ0v) is 17.3. The minimum Gasteiger partial charge on any atom is -0.483 e. The molecule has 0 bridgehead atoms. The topological polar surface area (TPSA) is 81.4 Å². The second kappa shape index (κ2) is 8.83.